The van der Waals surface area contributed by atoms with Crippen molar-refractivity contribution in [2.45, 2.75) is 43.4 Å². The van der Waals surface area contributed by atoms with Gasteiger partial charge in [-0.1, -0.05) is 74.2 Å². The molecule has 28 heavy (non-hydrogen) atoms. The van der Waals surface area contributed by atoms with Crippen molar-refractivity contribution in [1.82, 2.24) is 25.1 Å². The Bertz CT molecular complexity index is 1010. The smallest absolute Gasteiger partial charge is 0.297 e. The number of amides is 1. The van der Waals surface area contributed by atoms with E-state index in [1.54, 1.807) is 0 Å². The second-order valence-electron chi connectivity index (χ2n) is 7.39. The molecule has 2 aromatic heterocycles. The van der Waals surface area contributed by atoms with Crippen LogP contribution in [0, 0.1) is 0 Å². The van der Waals surface area contributed by atoms with Crippen LogP contribution in [0.2, 0.25) is 0 Å². The molecule has 0 saturated carbocycles. The van der Waals surface area contributed by atoms with Gasteiger partial charge < -0.3 is 5.32 Å². The molecular formula is C19H23N5O2S2. The van der Waals surface area contributed by atoms with Crippen molar-refractivity contribution < 1.29 is 4.79 Å². The number of carbonyl (C=O) groups is 1. The summed E-state index contributed by atoms with van der Waals surface area (Å²) in [6.07, 6.45) is 1.83. The Morgan fingerprint density at radius 1 is 1.21 bits per heavy atom. The number of aryl methyl sites for hydroxylation is 1. The molecule has 0 aliphatic rings. The van der Waals surface area contributed by atoms with E-state index in [2.05, 4.69) is 32.7 Å². The molecule has 9 heteroatoms. The average molecular weight is 418 g/mol. The van der Waals surface area contributed by atoms with Gasteiger partial charge in [0.2, 0.25) is 10.9 Å². The number of aromatic nitrogens is 4. The Morgan fingerprint density at radius 3 is 2.68 bits per heavy atom. The maximum Gasteiger partial charge on any atom is 0.297 e. The third kappa shape index (κ3) is 5.17. The SMILES string of the molecule is CC(C)(C)c1nnc2sc(SCC(=O)NCCCc3ccccc3)nn2c1=O. The van der Waals surface area contributed by atoms with Gasteiger partial charge in [-0.15, -0.1) is 15.3 Å². The lowest BCUT2D eigenvalue weighted by Gasteiger charge is -2.14. The summed E-state index contributed by atoms with van der Waals surface area (Å²) in [4.78, 5) is 25.0. The van der Waals surface area contributed by atoms with Gasteiger partial charge in [0.15, 0.2) is 4.34 Å². The molecule has 0 radical (unpaired) electrons. The summed E-state index contributed by atoms with van der Waals surface area (Å²) in [6.45, 7) is 6.37. The van der Waals surface area contributed by atoms with Crippen molar-refractivity contribution in [2.75, 3.05) is 12.3 Å². The largest absolute Gasteiger partial charge is 0.355 e. The molecule has 148 valence electrons. The zero-order valence-electron chi connectivity index (χ0n) is 16.1. The van der Waals surface area contributed by atoms with E-state index in [0.29, 0.717) is 21.5 Å². The fourth-order valence-electron chi connectivity index (χ4n) is 2.57. The highest BCUT2D eigenvalue weighted by Gasteiger charge is 2.23. The van der Waals surface area contributed by atoms with Gasteiger partial charge in [-0.3, -0.25) is 9.59 Å². The average Bonchev–Trinajstić information content (AvgIpc) is 3.08. The molecule has 1 amide bonds. The van der Waals surface area contributed by atoms with Crippen LogP contribution in [0.1, 0.15) is 38.4 Å². The first-order valence-corrected chi connectivity index (χ1v) is 10.9. The maximum atomic E-state index is 12.5. The summed E-state index contributed by atoms with van der Waals surface area (Å²) in [5, 5.41) is 15.4. The number of hydrogen-bond acceptors (Lipinski definition) is 7. The highest BCUT2D eigenvalue weighted by molar-refractivity contribution is 8.01. The van der Waals surface area contributed by atoms with Crippen LogP contribution in [0.5, 0.6) is 0 Å². The van der Waals surface area contributed by atoms with Gasteiger partial charge in [-0.05, 0) is 18.4 Å². The minimum atomic E-state index is -0.401. The van der Waals surface area contributed by atoms with E-state index >= 15 is 0 Å². The molecule has 0 spiro atoms. The van der Waals surface area contributed by atoms with Crippen molar-refractivity contribution in [2.24, 2.45) is 0 Å². The third-order valence-corrected chi connectivity index (χ3v) is 6.05. The number of nitrogens with one attached hydrogen (secondary N) is 1. The molecule has 2 heterocycles. The lowest BCUT2D eigenvalue weighted by atomic mass is 9.93. The first kappa shape index (κ1) is 20.5. The maximum absolute atomic E-state index is 12.5. The zero-order chi connectivity index (χ0) is 20.1. The molecule has 0 unspecified atom stereocenters. The zero-order valence-corrected chi connectivity index (χ0v) is 17.8. The van der Waals surface area contributed by atoms with E-state index in [-0.39, 0.29) is 17.2 Å². The summed E-state index contributed by atoms with van der Waals surface area (Å²) >= 11 is 2.56. The second-order valence-corrected chi connectivity index (χ2v) is 9.57. The van der Waals surface area contributed by atoms with Crippen LogP contribution in [-0.2, 0) is 16.6 Å². The minimum Gasteiger partial charge on any atom is -0.355 e. The van der Waals surface area contributed by atoms with Crippen LogP contribution in [0.4, 0.5) is 0 Å². The minimum absolute atomic E-state index is 0.0499. The quantitative estimate of drug-likeness (QED) is 0.470. The van der Waals surface area contributed by atoms with Gasteiger partial charge in [0.25, 0.3) is 5.56 Å². The molecule has 1 N–H and O–H groups in total. The molecule has 3 rings (SSSR count). The third-order valence-electron chi connectivity index (χ3n) is 4.02. The fourth-order valence-corrected chi connectivity index (χ4v) is 4.27. The first-order valence-electron chi connectivity index (χ1n) is 9.05. The van der Waals surface area contributed by atoms with Crippen LogP contribution in [0.15, 0.2) is 39.5 Å². The molecule has 7 nitrogen and oxygen atoms in total. The molecule has 0 saturated heterocycles. The van der Waals surface area contributed by atoms with Gasteiger partial charge in [0.05, 0.1) is 5.75 Å². The Morgan fingerprint density at radius 2 is 1.96 bits per heavy atom. The highest BCUT2D eigenvalue weighted by atomic mass is 32.2. The standard InChI is InChI=1S/C19H23N5O2S2/c1-19(2,3)15-16(26)24-17(22-21-15)28-18(23-24)27-12-14(25)20-11-7-10-13-8-5-4-6-9-13/h4-6,8-9H,7,10-12H2,1-3H3,(H,20,25). The molecule has 0 aliphatic carbocycles. The predicted molar refractivity (Wildman–Crippen MR) is 112 cm³/mol. The van der Waals surface area contributed by atoms with Gasteiger partial charge in [0.1, 0.15) is 5.69 Å². The lowest BCUT2D eigenvalue weighted by Crippen LogP contribution is -2.30. The first-order chi connectivity index (χ1) is 13.3. The number of carbonyl (C=O) groups excluding carboxylic acids is 1. The van der Waals surface area contributed by atoms with Crippen LogP contribution in [-0.4, -0.2) is 38.0 Å². The number of nitrogens with zero attached hydrogens (tertiary/aromatic N) is 4. The number of benzene rings is 1. The van der Waals surface area contributed by atoms with E-state index in [4.69, 9.17) is 0 Å². The Labute approximate surface area is 171 Å². The number of hydrogen-bond donors (Lipinski definition) is 1. The van der Waals surface area contributed by atoms with Crippen molar-refractivity contribution in [1.29, 1.82) is 0 Å². The Balaban J connectivity index is 1.51. The van der Waals surface area contributed by atoms with Crippen LogP contribution >= 0.6 is 23.1 Å². The summed E-state index contributed by atoms with van der Waals surface area (Å²) in [6, 6.07) is 10.2. The molecule has 0 atom stereocenters. The van der Waals surface area contributed by atoms with Crippen molar-refractivity contribution in [3.63, 3.8) is 0 Å². The fraction of sp³-hybridized carbons (Fsp3) is 0.421. The van der Waals surface area contributed by atoms with Crippen LogP contribution in [0.3, 0.4) is 0 Å². The second kappa shape index (κ2) is 8.83. The van der Waals surface area contributed by atoms with Gasteiger partial charge in [0, 0.05) is 12.0 Å². The molecule has 0 bridgehead atoms. The normalized spacial score (nSPS) is 11.7. The van der Waals surface area contributed by atoms with Gasteiger partial charge in [-0.25, -0.2) is 0 Å². The van der Waals surface area contributed by atoms with Gasteiger partial charge >= 0.3 is 0 Å². The number of fused-ring (bicyclic) bond motifs is 1. The molecular weight excluding hydrogens is 394 g/mol. The topological polar surface area (TPSA) is 89.2 Å². The van der Waals surface area contributed by atoms with Crippen molar-refractivity contribution >= 4 is 34.0 Å². The van der Waals surface area contributed by atoms with E-state index in [9.17, 15) is 9.59 Å². The van der Waals surface area contributed by atoms with Gasteiger partial charge in [-0.2, -0.15) is 4.52 Å². The summed E-state index contributed by atoms with van der Waals surface area (Å²) in [5.74, 6) is 0.200. The Kier molecular flexibility index (Phi) is 6.46. The Hall–Kier alpha value is -2.26. The highest BCUT2D eigenvalue weighted by Crippen LogP contribution is 2.23. The molecule has 3 aromatic rings. The lowest BCUT2D eigenvalue weighted by molar-refractivity contribution is -0.118. The summed E-state index contributed by atoms with van der Waals surface area (Å²) < 4.78 is 1.90. The van der Waals surface area contributed by atoms with E-state index in [1.807, 2.05) is 39.0 Å². The van der Waals surface area contributed by atoms with Crippen molar-refractivity contribution in [3.05, 3.63) is 51.9 Å². The summed E-state index contributed by atoms with van der Waals surface area (Å²) in [5.41, 5.74) is 0.984. The van der Waals surface area contributed by atoms with E-state index < -0.39 is 5.41 Å². The monoisotopic (exact) mass is 417 g/mol. The number of thioether (sulfide) groups is 1. The summed E-state index contributed by atoms with van der Waals surface area (Å²) in [7, 11) is 0. The molecule has 0 fully saturated rings. The van der Waals surface area contributed by atoms with Crippen LogP contribution < -0.4 is 10.9 Å². The number of rotatable bonds is 7. The molecule has 1 aromatic carbocycles. The molecule has 0 aliphatic heterocycles. The van der Waals surface area contributed by atoms with E-state index in [0.717, 1.165) is 12.8 Å². The van der Waals surface area contributed by atoms with Crippen molar-refractivity contribution in [3.8, 4) is 0 Å². The van der Waals surface area contributed by atoms with Crippen LogP contribution in [0.25, 0.3) is 4.96 Å². The predicted octanol–water partition coefficient (Wildman–Crippen LogP) is 2.68. The van der Waals surface area contributed by atoms with E-state index in [1.165, 1.54) is 33.2 Å².